The van der Waals surface area contributed by atoms with Crippen molar-refractivity contribution in [3.8, 4) is 5.75 Å². The lowest BCUT2D eigenvalue weighted by molar-refractivity contribution is -0.136. The molecule has 1 heterocycles. The Hall–Kier alpha value is -4.64. The van der Waals surface area contributed by atoms with Gasteiger partial charge in [0.15, 0.2) is 0 Å². The largest absolute Gasteiger partial charge is 0.495 e. The summed E-state index contributed by atoms with van der Waals surface area (Å²) in [5.74, 6) is -2.70. The first-order valence-electron chi connectivity index (χ1n) is 10.5. The predicted octanol–water partition coefficient (Wildman–Crippen LogP) is 2.59. The highest BCUT2D eigenvalue weighted by Crippen LogP contribution is 2.25. The molecule has 0 atom stereocenters. The fourth-order valence-corrected chi connectivity index (χ4v) is 3.05. The van der Waals surface area contributed by atoms with E-state index < -0.39 is 23.6 Å². The predicted molar refractivity (Wildman–Crippen MR) is 133 cm³/mol. The molecule has 0 unspecified atom stereocenters. The third-order valence-electron chi connectivity index (χ3n) is 4.56. The lowest BCUT2D eigenvalue weighted by atomic mass is 10.2. The van der Waals surface area contributed by atoms with Gasteiger partial charge in [0.2, 0.25) is 0 Å². The summed E-state index contributed by atoms with van der Waals surface area (Å²) in [5.41, 5.74) is 3.69. The van der Waals surface area contributed by atoms with Gasteiger partial charge in [0.25, 0.3) is 0 Å². The van der Waals surface area contributed by atoms with Crippen molar-refractivity contribution in [1.82, 2.24) is 10.7 Å². The fraction of sp³-hybridized carbons (Fsp3) is 0.125. The highest BCUT2D eigenvalue weighted by atomic mass is 35.5. The van der Waals surface area contributed by atoms with E-state index in [0.29, 0.717) is 27.9 Å². The first-order chi connectivity index (χ1) is 17.2. The smallest absolute Gasteiger partial charge is 0.329 e. The molecule has 4 amide bonds. The number of nitrogens with one attached hydrogen (secondary N) is 4. The van der Waals surface area contributed by atoms with Crippen molar-refractivity contribution in [3.63, 3.8) is 0 Å². The highest BCUT2D eigenvalue weighted by Gasteiger charge is 2.16. The second-order valence-corrected chi connectivity index (χ2v) is 7.74. The van der Waals surface area contributed by atoms with E-state index in [-0.39, 0.29) is 12.3 Å². The van der Waals surface area contributed by atoms with Crippen molar-refractivity contribution >= 4 is 52.8 Å². The first kappa shape index (κ1) is 26.0. The Labute approximate surface area is 210 Å². The van der Waals surface area contributed by atoms with Crippen LogP contribution < -0.4 is 26.1 Å². The van der Waals surface area contributed by atoms with Gasteiger partial charge < -0.3 is 25.1 Å². The van der Waals surface area contributed by atoms with Gasteiger partial charge in [-0.25, -0.2) is 5.43 Å². The lowest BCUT2D eigenvalue weighted by Crippen LogP contribution is -2.34. The maximum absolute atomic E-state index is 12.1. The number of anilines is 2. The third-order valence-corrected chi connectivity index (χ3v) is 4.80. The molecular weight excluding hydrogens is 490 g/mol. The zero-order valence-corrected chi connectivity index (χ0v) is 20.0. The molecule has 0 saturated carbocycles. The molecule has 0 aliphatic rings. The summed E-state index contributed by atoms with van der Waals surface area (Å²) in [6, 6.07) is 14.6. The molecule has 2 aromatic carbocycles. The van der Waals surface area contributed by atoms with Crippen LogP contribution in [0, 0.1) is 6.92 Å². The van der Waals surface area contributed by atoms with Gasteiger partial charge in [-0.15, -0.1) is 0 Å². The number of nitrogens with zero attached hydrogens (tertiary/aromatic N) is 1. The number of carbonyl (C=O) groups excluding carboxylic acids is 4. The number of carbonyl (C=O) groups is 4. The van der Waals surface area contributed by atoms with Crippen LogP contribution in [-0.2, 0) is 25.7 Å². The highest BCUT2D eigenvalue weighted by molar-refractivity contribution is 6.40. The molecule has 3 rings (SSSR count). The minimum absolute atomic E-state index is 0.0667. The van der Waals surface area contributed by atoms with Gasteiger partial charge in [-0.05, 0) is 55.0 Å². The number of furan rings is 1. The summed E-state index contributed by atoms with van der Waals surface area (Å²) in [5, 5.41) is 11.4. The Morgan fingerprint density at radius 1 is 0.972 bits per heavy atom. The van der Waals surface area contributed by atoms with Gasteiger partial charge in [-0.2, -0.15) is 5.10 Å². The van der Waals surface area contributed by atoms with E-state index in [4.69, 9.17) is 20.8 Å². The number of methoxy groups -OCH3 is 1. The van der Waals surface area contributed by atoms with Crippen LogP contribution in [0.4, 0.5) is 11.4 Å². The number of amides is 4. The molecule has 0 saturated heterocycles. The molecule has 11 nitrogen and oxygen atoms in total. The van der Waals surface area contributed by atoms with Crippen LogP contribution in [0.2, 0.25) is 5.02 Å². The Kier molecular flexibility index (Phi) is 8.79. The summed E-state index contributed by atoms with van der Waals surface area (Å²) < 4.78 is 10.6. The van der Waals surface area contributed by atoms with E-state index in [1.165, 1.54) is 25.5 Å². The van der Waals surface area contributed by atoms with Crippen LogP contribution in [0.1, 0.15) is 17.1 Å². The molecule has 12 heteroatoms. The maximum Gasteiger partial charge on any atom is 0.329 e. The molecule has 0 spiro atoms. The molecule has 4 N–H and O–H groups in total. The van der Waals surface area contributed by atoms with E-state index in [9.17, 15) is 19.2 Å². The number of aryl methyl sites for hydroxylation is 1. The standard InChI is InChI=1S/C24H22ClN5O6/c1-14-6-9-20(35-2)19(10-14)29-23(33)24(34)30-27-13-18-8-7-17(36-18)12-26-21(31)22(32)28-16-5-3-4-15(25)11-16/h3-11,13H,12H2,1-2H3,(H,26,31)(H,28,32)(H,29,33)(H,30,34)/b27-13+. The van der Waals surface area contributed by atoms with Crippen LogP contribution >= 0.6 is 11.6 Å². The Bertz CT molecular complexity index is 1320. The van der Waals surface area contributed by atoms with E-state index in [0.717, 1.165) is 5.56 Å². The van der Waals surface area contributed by atoms with E-state index >= 15 is 0 Å². The van der Waals surface area contributed by atoms with Gasteiger partial charge in [0.05, 0.1) is 25.6 Å². The molecule has 0 aliphatic heterocycles. The number of hydrogen-bond donors (Lipinski definition) is 4. The number of hydrogen-bond acceptors (Lipinski definition) is 7. The number of benzene rings is 2. The number of rotatable bonds is 7. The second kappa shape index (κ2) is 12.2. The van der Waals surface area contributed by atoms with Crippen molar-refractivity contribution in [1.29, 1.82) is 0 Å². The molecule has 0 aliphatic carbocycles. The van der Waals surface area contributed by atoms with Crippen LogP contribution in [-0.4, -0.2) is 37.0 Å². The van der Waals surface area contributed by atoms with Gasteiger partial charge in [-0.3, -0.25) is 19.2 Å². The Morgan fingerprint density at radius 2 is 1.75 bits per heavy atom. The summed E-state index contributed by atoms with van der Waals surface area (Å²) in [6.45, 7) is 1.76. The van der Waals surface area contributed by atoms with Gasteiger partial charge in [-0.1, -0.05) is 23.7 Å². The van der Waals surface area contributed by atoms with Crippen molar-refractivity contribution in [2.45, 2.75) is 13.5 Å². The molecule has 0 bridgehead atoms. The minimum atomic E-state index is -1.00. The second-order valence-electron chi connectivity index (χ2n) is 7.31. The average Bonchev–Trinajstić information content (AvgIpc) is 3.30. The van der Waals surface area contributed by atoms with Crippen molar-refractivity contribution < 1.29 is 28.3 Å². The maximum atomic E-state index is 12.1. The summed E-state index contributed by atoms with van der Waals surface area (Å²) in [6.07, 6.45) is 1.18. The van der Waals surface area contributed by atoms with Crippen LogP contribution in [0.25, 0.3) is 0 Å². The van der Waals surface area contributed by atoms with E-state index in [1.807, 2.05) is 6.92 Å². The Balaban J connectivity index is 1.46. The van der Waals surface area contributed by atoms with Crippen LogP contribution in [0.15, 0.2) is 64.1 Å². The van der Waals surface area contributed by atoms with Gasteiger partial charge >= 0.3 is 23.6 Å². The Morgan fingerprint density at radius 3 is 2.50 bits per heavy atom. The summed E-state index contributed by atoms with van der Waals surface area (Å²) >= 11 is 5.85. The molecule has 36 heavy (non-hydrogen) atoms. The molecule has 3 aromatic rings. The van der Waals surface area contributed by atoms with Gasteiger partial charge in [0, 0.05) is 10.7 Å². The summed E-state index contributed by atoms with van der Waals surface area (Å²) in [7, 11) is 1.45. The molecule has 0 fully saturated rings. The zero-order chi connectivity index (χ0) is 26.1. The fourth-order valence-electron chi connectivity index (χ4n) is 2.86. The quantitative estimate of drug-likeness (QED) is 0.217. The third kappa shape index (κ3) is 7.43. The number of ether oxygens (including phenoxy) is 1. The lowest BCUT2D eigenvalue weighted by Gasteiger charge is -2.10. The first-order valence-corrected chi connectivity index (χ1v) is 10.9. The summed E-state index contributed by atoms with van der Waals surface area (Å²) in [4.78, 5) is 48.1. The van der Waals surface area contributed by atoms with E-state index in [1.54, 1.807) is 42.5 Å². The normalized spacial score (nSPS) is 10.5. The van der Waals surface area contributed by atoms with Gasteiger partial charge in [0.1, 0.15) is 17.3 Å². The van der Waals surface area contributed by atoms with Crippen molar-refractivity contribution in [3.05, 3.63) is 76.7 Å². The number of halogens is 1. The monoisotopic (exact) mass is 511 g/mol. The van der Waals surface area contributed by atoms with Crippen molar-refractivity contribution in [2.24, 2.45) is 5.10 Å². The molecule has 1 aromatic heterocycles. The van der Waals surface area contributed by atoms with Crippen LogP contribution in [0.3, 0.4) is 0 Å². The average molecular weight is 512 g/mol. The minimum Gasteiger partial charge on any atom is -0.495 e. The topological polar surface area (TPSA) is 151 Å². The molecule has 0 radical (unpaired) electrons. The number of hydrazone groups is 1. The van der Waals surface area contributed by atoms with E-state index in [2.05, 4.69) is 26.5 Å². The van der Waals surface area contributed by atoms with Crippen LogP contribution in [0.5, 0.6) is 5.75 Å². The molecule has 186 valence electrons. The zero-order valence-electron chi connectivity index (χ0n) is 19.3. The molecular formula is C24H22ClN5O6. The SMILES string of the molecule is COc1ccc(C)cc1NC(=O)C(=O)N/N=C/c1ccc(CNC(=O)C(=O)Nc2cccc(Cl)c2)o1. The van der Waals surface area contributed by atoms with Crippen molar-refractivity contribution in [2.75, 3.05) is 17.7 Å².